The molecule has 1 spiro atoms. The molecule has 0 radical (unpaired) electrons. The minimum atomic E-state index is -0.218. The monoisotopic (exact) mass is 400 g/mol. The molecule has 2 fully saturated rings. The first-order chi connectivity index (χ1) is 14.2. The number of carbonyl (C=O) groups is 1. The van der Waals surface area contributed by atoms with Gasteiger partial charge >= 0.3 is 0 Å². The number of H-pyrrole nitrogens is 1. The molecule has 29 heavy (non-hydrogen) atoms. The summed E-state index contributed by atoms with van der Waals surface area (Å²) in [5.74, 6) is 1.66. The van der Waals surface area contributed by atoms with E-state index in [1.165, 1.54) is 0 Å². The van der Waals surface area contributed by atoms with E-state index >= 15 is 0 Å². The van der Waals surface area contributed by atoms with E-state index in [1.807, 2.05) is 11.1 Å². The van der Waals surface area contributed by atoms with Crippen LogP contribution in [0, 0.1) is 0 Å². The number of morpholine rings is 1. The highest BCUT2D eigenvalue weighted by atomic mass is 16.5. The number of ether oxygens (including phenoxy) is 1. The van der Waals surface area contributed by atoms with Crippen molar-refractivity contribution >= 4 is 5.91 Å². The molecule has 5 heterocycles. The number of nitrogens with one attached hydrogen (secondary N) is 1. The summed E-state index contributed by atoms with van der Waals surface area (Å²) in [5.41, 5.74) is -0.160. The average molecular weight is 400 g/mol. The molecule has 1 amide bonds. The van der Waals surface area contributed by atoms with Crippen molar-refractivity contribution in [3.8, 4) is 0 Å². The first-order valence-electron chi connectivity index (χ1n) is 10.6. The molecule has 5 rings (SSSR count). The number of likely N-dealkylation sites (tertiary alicyclic amines) is 1. The molecule has 10 heteroatoms. The maximum absolute atomic E-state index is 13.3. The summed E-state index contributed by atoms with van der Waals surface area (Å²) < 4.78 is 8.05. The van der Waals surface area contributed by atoms with Crippen molar-refractivity contribution in [3.63, 3.8) is 0 Å². The fraction of sp³-hybridized carbons (Fsp3) is 0.737. The molecule has 156 valence electrons. The van der Waals surface area contributed by atoms with Crippen molar-refractivity contribution in [3.05, 3.63) is 24.0 Å². The highest BCUT2D eigenvalue weighted by Crippen LogP contribution is 2.33. The Hall–Kier alpha value is -2.33. The lowest BCUT2D eigenvalue weighted by atomic mass is 9.88. The highest BCUT2D eigenvalue weighted by Gasteiger charge is 2.42. The smallest absolute Gasteiger partial charge is 0.233 e. The Morgan fingerprint density at radius 3 is 2.97 bits per heavy atom. The van der Waals surface area contributed by atoms with Gasteiger partial charge in [-0.05, 0) is 36.1 Å². The number of hydrogen-bond acceptors (Lipinski definition) is 7. The molecule has 3 aliphatic rings. The topological polar surface area (TPSA) is 105 Å². The molecule has 1 unspecified atom stereocenters. The van der Waals surface area contributed by atoms with Gasteiger partial charge in [0.25, 0.3) is 0 Å². The zero-order chi connectivity index (χ0) is 19.7. The second-order valence-electron chi connectivity index (χ2n) is 8.41. The average Bonchev–Trinajstić information content (AvgIpc) is 3.37. The summed E-state index contributed by atoms with van der Waals surface area (Å²) in [5, 5.41) is 12.0. The summed E-state index contributed by atoms with van der Waals surface area (Å²) in [6.07, 6.45) is 8.25. The summed E-state index contributed by atoms with van der Waals surface area (Å²) >= 11 is 0. The Labute approximate surface area is 169 Å². The Balaban J connectivity index is 1.22. The minimum absolute atomic E-state index is 0.160. The molecule has 0 bridgehead atoms. The number of amides is 1. The van der Waals surface area contributed by atoms with Crippen molar-refractivity contribution in [2.24, 2.45) is 0 Å². The quantitative estimate of drug-likeness (QED) is 0.802. The van der Waals surface area contributed by atoms with Crippen molar-refractivity contribution < 1.29 is 9.53 Å². The Morgan fingerprint density at radius 1 is 1.24 bits per heavy atom. The van der Waals surface area contributed by atoms with E-state index in [-0.39, 0.29) is 17.4 Å². The molecule has 1 N–H and O–H groups in total. The molecule has 2 aromatic heterocycles. The lowest BCUT2D eigenvalue weighted by Crippen LogP contribution is -2.57. The van der Waals surface area contributed by atoms with Gasteiger partial charge in [0.2, 0.25) is 5.91 Å². The molecule has 10 nitrogen and oxygen atoms in total. The Kier molecular flexibility index (Phi) is 5.04. The third-order valence-corrected chi connectivity index (χ3v) is 6.52. The van der Waals surface area contributed by atoms with Gasteiger partial charge in [-0.1, -0.05) is 6.42 Å². The number of fused-ring (bicyclic) bond motifs is 1. The van der Waals surface area contributed by atoms with Crippen LogP contribution in [0.3, 0.4) is 0 Å². The van der Waals surface area contributed by atoms with Crippen LogP contribution >= 0.6 is 0 Å². The van der Waals surface area contributed by atoms with E-state index in [0.29, 0.717) is 0 Å². The molecule has 3 aliphatic heterocycles. The van der Waals surface area contributed by atoms with E-state index in [9.17, 15) is 4.79 Å². The SMILES string of the molecule is O=C(C1CCCCn2nnnc21)N1CCC2(CC1)CN(Cc1ncc[nH]1)CCO2. The predicted molar refractivity (Wildman–Crippen MR) is 103 cm³/mol. The largest absolute Gasteiger partial charge is 0.372 e. The van der Waals surface area contributed by atoms with Crippen LogP contribution in [0.2, 0.25) is 0 Å². The number of rotatable bonds is 3. The summed E-state index contributed by atoms with van der Waals surface area (Å²) in [7, 11) is 0. The lowest BCUT2D eigenvalue weighted by Gasteiger charge is -2.47. The van der Waals surface area contributed by atoms with E-state index in [2.05, 4.69) is 30.4 Å². The van der Waals surface area contributed by atoms with Crippen LogP contribution in [0.4, 0.5) is 0 Å². The van der Waals surface area contributed by atoms with E-state index in [4.69, 9.17) is 4.74 Å². The lowest BCUT2D eigenvalue weighted by molar-refractivity contribution is -0.152. The number of imidazole rings is 1. The fourth-order valence-electron chi connectivity index (χ4n) is 4.91. The van der Waals surface area contributed by atoms with Crippen molar-refractivity contribution in [1.82, 2.24) is 40.0 Å². The molecule has 2 aromatic rings. The van der Waals surface area contributed by atoms with Crippen LogP contribution in [0.1, 0.15) is 49.7 Å². The van der Waals surface area contributed by atoms with Gasteiger partial charge in [-0.2, -0.15) is 0 Å². The Bertz CT molecular complexity index is 827. The number of aromatic nitrogens is 6. The molecule has 2 saturated heterocycles. The Morgan fingerprint density at radius 2 is 2.14 bits per heavy atom. The van der Waals surface area contributed by atoms with Crippen molar-refractivity contribution in [2.75, 3.05) is 32.8 Å². The van der Waals surface area contributed by atoms with Crippen LogP contribution in [0.5, 0.6) is 0 Å². The summed E-state index contributed by atoms with van der Waals surface area (Å²) in [6.45, 7) is 5.59. The van der Waals surface area contributed by atoms with Gasteiger partial charge in [0.05, 0.1) is 24.7 Å². The van der Waals surface area contributed by atoms with Crippen LogP contribution < -0.4 is 0 Å². The van der Waals surface area contributed by atoms with Crippen molar-refractivity contribution in [2.45, 2.75) is 56.7 Å². The van der Waals surface area contributed by atoms with Crippen LogP contribution in [-0.4, -0.2) is 84.3 Å². The summed E-state index contributed by atoms with van der Waals surface area (Å²) in [4.78, 5) is 25.2. The number of aryl methyl sites for hydroxylation is 1. The van der Waals surface area contributed by atoms with Crippen LogP contribution in [0.25, 0.3) is 0 Å². The second kappa shape index (κ2) is 7.83. The first kappa shape index (κ1) is 18.7. The van der Waals surface area contributed by atoms with E-state index < -0.39 is 0 Å². The minimum Gasteiger partial charge on any atom is -0.372 e. The van der Waals surface area contributed by atoms with Gasteiger partial charge in [-0.25, -0.2) is 9.67 Å². The highest BCUT2D eigenvalue weighted by molar-refractivity contribution is 5.83. The third kappa shape index (κ3) is 3.78. The van der Waals surface area contributed by atoms with Gasteiger partial charge in [0, 0.05) is 45.1 Å². The van der Waals surface area contributed by atoms with Gasteiger partial charge < -0.3 is 14.6 Å². The third-order valence-electron chi connectivity index (χ3n) is 6.52. The zero-order valence-electron chi connectivity index (χ0n) is 16.7. The number of tetrazole rings is 1. The molecule has 0 aliphatic carbocycles. The molecule has 0 saturated carbocycles. The second-order valence-corrected chi connectivity index (χ2v) is 8.41. The summed E-state index contributed by atoms with van der Waals surface area (Å²) in [6, 6.07) is 0. The standard InChI is InChI=1S/C19H28N8O2/c28-18(15-3-1-2-8-27-17(15)22-23-24-27)26-9-4-19(5-10-26)14-25(11-12-29-19)13-16-20-6-7-21-16/h6-7,15H,1-5,8-14H2,(H,20,21). The predicted octanol–water partition coefficient (Wildman–Crippen LogP) is 0.557. The number of piperidine rings is 1. The maximum atomic E-state index is 13.3. The fourth-order valence-corrected chi connectivity index (χ4v) is 4.91. The number of hydrogen-bond donors (Lipinski definition) is 1. The van der Waals surface area contributed by atoms with Gasteiger partial charge in [-0.15, -0.1) is 5.10 Å². The first-order valence-corrected chi connectivity index (χ1v) is 10.6. The molecule has 0 aromatic carbocycles. The maximum Gasteiger partial charge on any atom is 0.233 e. The van der Waals surface area contributed by atoms with Crippen LogP contribution in [0.15, 0.2) is 12.4 Å². The zero-order valence-corrected chi connectivity index (χ0v) is 16.7. The van der Waals surface area contributed by atoms with Gasteiger partial charge in [0.1, 0.15) is 5.82 Å². The van der Waals surface area contributed by atoms with E-state index in [1.54, 1.807) is 10.9 Å². The molecular formula is C19H28N8O2. The van der Waals surface area contributed by atoms with E-state index in [0.717, 1.165) is 89.6 Å². The normalized spacial score (nSPS) is 25.0. The van der Waals surface area contributed by atoms with Crippen molar-refractivity contribution in [1.29, 1.82) is 0 Å². The van der Waals surface area contributed by atoms with Gasteiger partial charge in [-0.3, -0.25) is 9.69 Å². The van der Waals surface area contributed by atoms with Crippen LogP contribution in [-0.2, 0) is 22.6 Å². The van der Waals surface area contributed by atoms with Gasteiger partial charge in [0.15, 0.2) is 5.82 Å². The number of carbonyl (C=O) groups excluding carboxylic acids is 1. The number of nitrogens with zero attached hydrogens (tertiary/aromatic N) is 7. The molecular weight excluding hydrogens is 372 g/mol. The molecule has 1 atom stereocenters. The number of aromatic amines is 1.